The van der Waals surface area contributed by atoms with Crippen molar-refractivity contribution in [2.45, 2.75) is 142 Å². The van der Waals surface area contributed by atoms with Crippen LogP contribution in [0, 0.1) is 17.8 Å². The number of nitrogens with one attached hydrogen (secondary N) is 4. The van der Waals surface area contributed by atoms with Crippen molar-refractivity contribution in [1.29, 1.82) is 0 Å². The normalized spacial score (nSPS) is 25.0. The fraction of sp³-hybridized carbons (Fsp3) is 0.625. The zero-order valence-corrected chi connectivity index (χ0v) is 47.8. The van der Waals surface area contributed by atoms with E-state index in [-0.39, 0.29) is 48.5 Å². The van der Waals surface area contributed by atoms with Crippen molar-refractivity contribution in [3.8, 4) is 11.1 Å². The fourth-order valence-electron chi connectivity index (χ4n) is 9.58. The molecule has 4 rings (SSSR count). The molecule has 0 radical (unpaired) electrons. The third-order valence-corrected chi connectivity index (χ3v) is 15.5. The molecule has 9 amide bonds. The minimum atomic E-state index is -1.58. The first-order valence-electron chi connectivity index (χ1n) is 26.9. The monoisotopic (exact) mass is 1090 g/mol. The number of likely N-dealkylation sites (tertiary alicyclic amines) is 1. The Morgan fingerprint density at radius 3 is 1.74 bits per heavy atom. The lowest BCUT2D eigenvalue weighted by molar-refractivity contribution is -0.148. The lowest BCUT2D eigenvalue weighted by Gasteiger charge is -2.36. The molecule has 0 aliphatic carbocycles. The van der Waals surface area contributed by atoms with Gasteiger partial charge in [0.05, 0.1) is 25.0 Å². The molecule has 0 spiro atoms. The maximum absolute atomic E-state index is 14.9. The number of aliphatic hydroxyl groups is 2. The van der Waals surface area contributed by atoms with E-state index >= 15 is 0 Å². The Hall–Kier alpha value is -6.06. The van der Waals surface area contributed by atoms with Crippen LogP contribution in [0.5, 0.6) is 0 Å². The summed E-state index contributed by atoms with van der Waals surface area (Å²) in [6.45, 7) is 11.7. The van der Waals surface area contributed by atoms with Crippen molar-refractivity contribution in [3.63, 3.8) is 0 Å². The highest BCUT2D eigenvalue weighted by atomic mass is 32.2. The van der Waals surface area contributed by atoms with Crippen LogP contribution in [0.1, 0.15) is 92.6 Å². The van der Waals surface area contributed by atoms with E-state index in [9.17, 15) is 53.4 Å². The molecule has 2 heterocycles. The number of hydrogen-bond donors (Lipinski definition) is 6. The summed E-state index contributed by atoms with van der Waals surface area (Å²) in [5, 5.41) is 32.6. The molecule has 21 heteroatoms. The van der Waals surface area contributed by atoms with E-state index in [1.807, 2.05) is 89.2 Å². The SMILES string of the molecule is CC[C@H](C)[C@H]1C(=O)N[C@@H](Cc2ccc(-c3ccccc3)cc2)C(=O)N[C@H](C(=O)N2CCCCC2)CSCC(=O)N(C)[C@@H](CC(C)C)C(=O)N[C@@H]([C@@H](C)O)C(=O)N(C)CC(=O)N(C)[C@@H](CC(C)C)C(=O)N[C@@H](CO)C(=O)N1C. The second-order valence-electron chi connectivity index (χ2n) is 21.5. The van der Waals surface area contributed by atoms with Crippen molar-refractivity contribution >= 4 is 64.9 Å². The number of piperidine rings is 1. The summed E-state index contributed by atoms with van der Waals surface area (Å²) < 4.78 is 0. The van der Waals surface area contributed by atoms with Gasteiger partial charge in [-0.25, -0.2) is 0 Å². The van der Waals surface area contributed by atoms with Gasteiger partial charge in [0.25, 0.3) is 0 Å². The number of aliphatic hydroxyl groups excluding tert-OH is 2. The molecule has 20 nitrogen and oxygen atoms in total. The molecule has 2 aromatic carbocycles. The molecule has 77 heavy (non-hydrogen) atoms. The van der Waals surface area contributed by atoms with Crippen LogP contribution in [0.4, 0.5) is 0 Å². The zero-order valence-electron chi connectivity index (χ0n) is 47.0. The average molecular weight is 1090 g/mol. The summed E-state index contributed by atoms with van der Waals surface area (Å²) in [6.07, 6.45) is 1.62. The number of carbonyl (C=O) groups excluding carboxylic acids is 9. The quantitative estimate of drug-likeness (QED) is 0.179. The number of rotatable bonds is 12. The van der Waals surface area contributed by atoms with Crippen LogP contribution in [-0.2, 0) is 49.6 Å². The van der Waals surface area contributed by atoms with Gasteiger partial charge in [-0.05, 0) is 73.5 Å². The fourth-order valence-corrected chi connectivity index (χ4v) is 10.5. The standard InChI is InChI=1S/C56H85N9O11S/c1-12-36(6)49-53(73)57-41(29-38-21-23-40(24-22-38)39-19-15-13-16-20-39)50(70)59-43(55(75)65-25-17-14-18-26-65)32-77-33-47(69)63(10)45(28-35(4)5)52(72)60-48(37(7)67)56(76)61(8)30-46(68)62(9)44(27-34(2)3)51(71)58-42(31-66)54(74)64(49)11/h13,15-16,19-24,34-37,41-45,48-49,66-67H,12,14,17-18,25-33H2,1-11H3,(H,57,73)(H,58,71)(H,59,70)(H,60,72)/t36-,37+,41-,42-,43-,44-,45-,48-,49-/m0/s1. The van der Waals surface area contributed by atoms with Gasteiger partial charge in [-0.2, -0.15) is 0 Å². The lowest BCUT2D eigenvalue weighted by atomic mass is 9.95. The van der Waals surface area contributed by atoms with Crippen LogP contribution < -0.4 is 21.3 Å². The Balaban J connectivity index is 1.84. The first kappa shape index (κ1) is 63.5. The maximum Gasteiger partial charge on any atom is 0.248 e. The van der Waals surface area contributed by atoms with E-state index in [1.165, 1.54) is 40.0 Å². The molecule has 2 aliphatic rings. The summed E-state index contributed by atoms with van der Waals surface area (Å²) in [7, 11) is 5.49. The molecule has 2 fully saturated rings. The first-order chi connectivity index (χ1) is 36.4. The number of amides is 9. The third-order valence-electron chi connectivity index (χ3n) is 14.5. The Labute approximate surface area is 459 Å². The Morgan fingerprint density at radius 1 is 0.649 bits per heavy atom. The minimum Gasteiger partial charge on any atom is -0.394 e. The molecule has 2 saturated heterocycles. The molecule has 2 aromatic rings. The summed E-state index contributed by atoms with van der Waals surface area (Å²) in [4.78, 5) is 135. The van der Waals surface area contributed by atoms with E-state index in [2.05, 4.69) is 21.3 Å². The minimum absolute atomic E-state index is 0.0337. The Bertz CT molecular complexity index is 2330. The van der Waals surface area contributed by atoms with E-state index < -0.39 is 115 Å². The molecule has 426 valence electrons. The van der Waals surface area contributed by atoms with Crippen molar-refractivity contribution in [1.82, 2.24) is 45.8 Å². The van der Waals surface area contributed by atoms with Crippen molar-refractivity contribution in [2.75, 3.05) is 65.9 Å². The van der Waals surface area contributed by atoms with Crippen molar-refractivity contribution in [3.05, 3.63) is 60.2 Å². The molecule has 9 atom stereocenters. The highest BCUT2D eigenvalue weighted by Crippen LogP contribution is 2.23. The summed E-state index contributed by atoms with van der Waals surface area (Å²) in [5.41, 5.74) is 2.56. The lowest BCUT2D eigenvalue weighted by Crippen LogP contribution is -2.62. The van der Waals surface area contributed by atoms with Gasteiger partial charge < -0.3 is 56.0 Å². The summed E-state index contributed by atoms with van der Waals surface area (Å²) in [6, 6.07) is 8.02. The Kier molecular flexibility index (Phi) is 24.9. The van der Waals surface area contributed by atoms with Crippen LogP contribution in [-0.4, -0.2) is 202 Å². The van der Waals surface area contributed by atoms with Crippen LogP contribution in [0.2, 0.25) is 0 Å². The van der Waals surface area contributed by atoms with Gasteiger partial charge in [-0.1, -0.05) is 103 Å². The van der Waals surface area contributed by atoms with Crippen molar-refractivity contribution < 1.29 is 53.4 Å². The van der Waals surface area contributed by atoms with E-state index in [1.54, 1.807) is 11.8 Å². The predicted molar refractivity (Wildman–Crippen MR) is 296 cm³/mol. The van der Waals surface area contributed by atoms with Crippen LogP contribution >= 0.6 is 11.8 Å². The van der Waals surface area contributed by atoms with Gasteiger partial charge in [0, 0.05) is 53.5 Å². The smallest absolute Gasteiger partial charge is 0.248 e. The van der Waals surface area contributed by atoms with Gasteiger partial charge in [0.15, 0.2) is 0 Å². The second-order valence-corrected chi connectivity index (χ2v) is 22.6. The van der Waals surface area contributed by atoms with Gasteiger partial charge >= 0.3 is 0 Å². The molecule has 0 saturated carbocycles. The van der Waals surface area contributed by atoms with Crippen molar-refractivity contribution in [2.24, 2.45) is 17.8 Å². The largest absolute Gasteiger partial charge is 0.394 e. The summed E-state index contributed by atoms with van der Waals surface area (Å²) in [5.74, 6) is -7.24. The van der Waals surface area contributed by atoms with Crippen LogP contribution in [0.3, 0.4) is 0 Å². The molecular weight excluding hydrogens is 1010 g/mol. The Morgan fingerprint density at radius 2 is 1.19 bits per heavy atom. The molecule has 0 aromatic heterocycles. The average Bonchev–Trinajstić information content (AvgIpc) is 3.40. The zero-order chi connectivity index (χ0) is 57.3. The van der Waals surface area contributed by atoms with Gasteiger partial charge in [0.2, 0.25) is 53.2 Å². The van der Waals surface area contributed by atoms with Gasteiger partial charge in [0.1, 0.15) is 42.3 Å². The van der Waals surface area contributed by atoms with E-state index in [0.29, 0.717) is 25.1 Å². The molecule has 0 bridgehead atoms. The summed E-state index contributed by atoms with van der Waals surface area (Å²) >= 11 is 1.08. The molecule has 2 aliphatic heterocycles. The molecule has 6 N–H and O–H groups in total. The third kappa shape index (κ3) is 18.0. The predicted octanol–water partition coefficient (Wildman–Crippen LogP) is 2.05. The second kappa shape index (κ2) is 30.2. The molecular formula is C56H85N9O11S. The molecule has 0 unspecified atom stereocenters. The van der Waals surface area contributed by atoms with E-state index in [0.717, 1.165) is 56.9 Å². The van der Waals surface area contributed by atoms with Crippen LogP contribution in [0.25, 0.3) is 11.1 Å². The van der Waals surface area contributed by atoms with Gasteiger partial charge in [-0.15, -0.1) is 11.8 Å². The number of nitrogens with zero attached hydrogens (tertiary/aromatic N) is 5. The number of hydrogen-bond acceptors (Lipinski definition) is 12. The van der Waals surface area contributed by atoms with Crippen LogP contribution in [0.15, 0.2) is 54.6 Å². The highest BCUT2D eigenvalue weighted by molar-refractivity contribution is 8.00. The first-order valence-corrected chi connectivity index (χ1v) is 28.1. The number of likely N-dealkylation sites (N-methyl/N-ethyl adjacent to an activating group) is 4. The maximum atomic E-state index is 14.9. The highest BCUT2D eigenvalue weighted by Gasteiger charge is 2.40. The topological polar surface area (TPSA) is 258 Å². The number of carbonyl (C=O) groups is 9. The number of benzene rings is 2. The van der Waals surface area contributed by atoms with E-state index in [4.69, 9.17) is 0 Å². The number of thioether (sulfide) groups is 1. The van der Waals surface area contributed by atoms with Gasteiger partial charge in [-0.3, -0.25) is 43.2 Å².